The first-order valence-corrected chi connectivity index (χ1v) is 10.4. The minimum atomic E-state index is -0.604. The van der Waals surface area contributed by atoms with Crippen molar-refractivity contribution in [3.8, 4) is 5.75 Å². The average Bonchev–Trinajstić information content (AvgIpc) is 2.70. The molecule has 158 valence electrons. The molecule has 1 amide bonds. The van der Waals surface area contributed by atoms with Gasteiger partial charge in [-0.3, -0.25) is 4.79 Å². The summed E-state index contributed by atoms with van der Waals surface area (Å²) in [5.41, 5.74) is 1.92. The van der Waals surface area contributed by atoms with Crippen molar-refractivity contribution in [1.82, 2.24) is 4.90 Å². The molecule has 1 saturated heterocycles. The minimum Gasteiger partial charge on any atom is -0.480 e. The maximum absolute atomic E-state index is 13.0. The Morgan fingerprint density at radius 3 is 2.66 bits per heavy atom. The maximum atomic E-state index is 13.0. The van der Waals surface area contributed by atoms with E-state index in [4.69, 9.17) is 13.9 Å². The number of nitrogens with zero attached hydrogens (tertiary/aromatic N) is 1. The monoisotopic (exact) mass is 401 g/mol. The van der Waals surface area contributed by atoms with Crippen LogP contribution in [0.4, 0.5) is 0 Å². The number of hydrogen-bond acceptors (Lipinski definition) is 5. The van der Waals surface area contributed by atoms with Crippen LogP contribution in [-0.2, 0) is 16.0 Å². The van der Waals surface area contributed by atoms with Gasteiger partial charge in [-0.2, -0.15) is 0 Å². The number of methoxy groups -OCH3 is 1. The van der Waals surface area contributed by atoms with E-state index in [2.05, 4.69) is 0 Å². The van der Waals surface area contributed by atoms with Crippen LogP contribution in [0.1, 0.15) is 44.2 Å². The summed E-state index contributed by atoms with van der Waals surface area (Å²) in [5.74, 6) is 1.21. The fraction of sp³-hybridized carbons (Fsp3) is 0.565. The number of carbonyl (C=O) groups excluding carboxylic acids is 1. The molecule has 0 spiro atoms. The number of rotatable bonds is 7. The number of aryl methyl sites for hydroxylation is 2. The van der Waals surface area contributed by atoms with Gasteiger partial charge in [-0.25, -0.2) is 4.79 Å². The van der Waals surface area contributed by atoms with Crippen molar-refractivity contribution in [3.05, 3.63) is 39.7 Å². The van der Waals surface area contributed by atoms with Gasteiger partial charge in [-0.05, 0) is 68.7 Å². The number of hydrogen-bond donors (Lipinski definition) is 0. The molecule has 1 unspecified atom stereocenters. The summed E-state index contributed by atoms with van der Waals surface area (Å²) in [6.45, 7) is 7.98. The molecular formula is C23H31NO5. The third-order valence-corrected chi connectivity index (χ3v) is 5.72. The fourth-order valence-corrected chi connectivity index (χ4v) is 4.07. The highest BCUT2D eigenvalue weighted by molar-refractivity contribution is 5.88. The number of piperidine rings is 1. The van der Waals surface area contributed by atoms with E-state index in [1.165, 1.54) is 6.07 Å². The van der Waals surface area contributed by atoms with Crippen LogP contribution in [0.3, 0.4) is 0 Å². The third kappa shape index (κ3) is 4.99. The molecule has 0 bridgehead atoms. The Bertz CT molecular complexity index is 911. The van der Waals surface area contributed by atoms with Crippen LogP contribution in [0.25, 0.3) is 11.0 Å². The Hall–Kier alpha value is -2.34. The number of likely N-dealkylation sites (tertiary alicyclic amines) is 1. The lowest BCUT2D eigenvalue weighted by Gasteiger charge is -2.33. The summed E-state index contributed by atoms with van der Waals surface area (Å²) in [5, 5.41) is 0.774. The number of carbonyl (C=O) groups is 1. The molecule has 6 heteroatoms. The maximum Gasteiger partial charge on any atom is 0.336 e. The lowest BCUT2D eigenvalue weighted by atomic mass is 9.93. The van der Waals surface area contributed by atoms with Crippen LogP contribution in [0, 0.1) is 12.8 Å². The Morgan fingerprint density at radius 1 is 1.28 bits per heavy atom. The highest BCUT2D eigenvalue weighted by atomic mass is 16.5. The molecule has 2 aromatic rings. The normalized spacial score (nSPS) is 16.2. The van der Waals surface area contributed by atoms with E-state index in [0.717, 1.165) is 55.5 Å². The second kappa shape index (κ2) is 9.44. The van der Waals surface area contributed by atoms with Crippen molar-refractivity contribution in [1.29, 1.82) is 0 Å². The summed E-state index contributed by atoms with van der Waals surface area (Å²) in [7, 11) is 1.72. The average molecular weight is 402 g/mol. The van der Waals surface area contributed by atoms with Crippen LogP contribution >= 0.6 is 0 Å². The van der Waals surface area contributed by atoms with Crippen molar-refractivity contribution in [2.45, 2.75) is 52.6 Å². The molecule has 1 atom stereocenters. The van der Waals surface area contributed by atoms with E-state index in [-0.39, 0.29) is 11.5 Å². The van der Waals surface area contributed by atoms with Gasteiger partial charge in [0.05, 0.1) is 5.39 Å². The van der Waals surface area contributed by atoms with Crippen LogP contribution in [0.15, 0.2) is 27.4 Å². The largest absolute Gasteiger partial charge is 0.480 e. The van der Waals surface area contributed by atoms with Crippen molar-refractivity contribution in [3.63, 3.8) is 0 Å². The van der Waals surface area contributed by atoms with Crippen LogP contribution in [0.5, 0.6) is 5.75 Å². The van der Waals surface area contributed by atoms with Crippen LogP contribution < -0.4 is 10.4 Å². The second-order valence-corrected chi connectivity index (χ2v) is 7.89. The zero-order valence-electron chi connectivity index (χ0n) is 17.8. The zero-order chi connectivity index (χ0) is 21.0. The van der Waals surface area contributed by atoms with Gasteiger partial charge in [0.25, 0.3) is 5.91 Å². The van der Waals surface area contributed by atoms with Crippen molar-refractivity contribution >= 4 is 16.9 Å². The van der Waals surface area contributed by atoms with E-state index in [1.54, 1.807) is 14.0 Å². The number of ether oxygens (including phenoxy) is 2. The Balaban J connectivity index is 1.75. The van der Waals surface area contributed by atoms with E-state index in [0.29, 0.717) is 23.7 Å². The summed E-state index contributed by atoms with van der Waals surface area (Å²) in [6.07, 6.45) is 3.12. The summed E-state index contributed by atoms with van der Waals surface area (Å²) < 4.78 is 16.7. The molecule has 29 heavy (non-hydrogen) atoms. The molecule has 6 nitrogen and oxygen atoms in total. The first-order chi connectivity index (χ1) is 13.9. The molecule has 0 saturated carbocycles. The van der Waals surface area contributed by atoms with Gasteiger partial charge in [0.2, 0.25) is 0 Å². The lowest BCUT2D eigenvalue weighted by Crippen LogP contribution is -2.44. The van der Waals surface area contributed by atoms with Crippen molar-refractivity contribution in [2.75, 3.05) is 26.8 Å². The molecule has 1 aliphatic rings. The van der Waals surface area contributed by atoms with Gasteiger partial charge in [-0.15, -0.1) is 0 Å². The predicted molar refractivity (Wildman–Crippen MR) is 112 cm³/mol. The number of amides is 1. The molecule has 0 aliphatic carbocycles. The molecule has 0 N–H and O–H groups in total. The first kappa shape index (κ1) is 21.4. The Labute approximate surface area is 171 Å². The van der Waals surface area contributed by atoms with E-state index in [1.807, 2.05) is 30.9 Å². The zero-order valence-corrected chi connectivity index (χ0v) is 17.8. The molecule has 3 rings (SSSR count). The number of fused-ring (bicyclic) bond motifs is 1. The molecule has 2 heterocycles. The van der Waals surface area contributed by atoms with Crippen molar-refractivity contribution in [2.24, 2.45) is 5.92 Å². The first-order valence-electron chi connectivity index (χ1n) is 10.4. The van der Waals surface area contributed by atoms with Crippen LogP contribution in [0.2, 0.25) is 0 Å². The second-order valence-electron chi connectivity index (χ2n) is 7.89. The van der Waals surface area contributed by atoms with Gasteiger partial charge >= 0.3 is 5.63 Å². The summed E-state index contributed by atoms with van der Waals surface area (Å²) in [4.78, 5) is 26.7. The standard InChI is InChI=1S/C23H31NO5/c1-5-18-14-21(25)29-20-13-15(2)12-19(22(18)20)28-16(3)23(26)24-9-6-17(7-10-24)8-11-27-4/h12-14,16-17H,5-11H2,1-4H3. The smallest absolute Gasteiger partial charge is 0.336 e. The molecule has 1 aliphatic heterocycles. The topological polar surface area (TPSA) is 69.0 Å². The Morgan fingerprint density at radius 2 is 2.00 bits per heavy atom. The molecule has 1 aromatic carbocycles. The van der Waals surface area contributed by atoms with E-state index >= 15 is 0 Å². The molecule has 0 radical (unpaired) electrons. The predicted octanol–water partition coefficient (Wildman–Crippen LogP) is 3.71. The summed E-state index contributed by atoms with van der Waals surface area (Å²) >= 11 is 0. The quantitative estimate of drug-likeness (QED) is 0.662. The van der Waals surface area contributed by atoms with Gasteiger partial charge < -0.3 is 18.8 Å². The Kier molecular flexibility index (Phi) is 6.96. The molecule has 1 aromatic heterocycles. The van der Waals surface area contributed by atoms with Gasteiger partial charge in [-0.1, -0.05) is 6.92 Å². The SMILES string of the molecule is CCc1cc(=O)oc2cc(C)cc(OC(C)C(=O)N3CCC(CCOC)CC3)c12. The van der Waals surface area contributed by atoms with Gasteiger partial charge in [0, 0.05) is 32.9 Å². The van der Waals surface area contributed by atoms with Gasteiger partial charge in [0.1, 0.15) is 11.3 Å². The van der Waals surface area contributed by atoms with E-state index in [9.17, 15) is 9.59 Å². The van der Waals surface area contributed by atoms with Crippen LogP contribution in [-0.4, -0.2) is 43.7 Å². The fourth-order valence-electron chi connectivity index (χ4n) is 4.07. The highest BCUT2D eigenvalue weighted by Crippen LogP contribution is 2.31. The van der Waals surface area contributed by atoms with Crippen molar-refractivity contribution < 1.29 is 18.7 Å². The lowest BCUT2D eigenvalue weighted by molar-refractivity contribution is -0.139. The van der Waals surface area contributed by atoms with E-state index < -0.39 is 6.10 Å². The molecular weight excluding hydrogens is 370 g/mol. The third-order valence-electron chi connectivity index (χ3n) is 5.72. The highest BCUT2D eigenvalue weighted by Gasteiger charge is 2.27. The summed E-state index contributed by atoms with van der Waals surface area (Å²) in [6, 6.07) is 5.24. The number of benzene rings is 1. The minimum absolute atomic E-state index is 0.000259. The van der Waals surface area contributed by atoms with Gasteiger partial charge in [0.15, 0.2) is 6.10 Å². The molecule has 1 fully saturated rings.